The minimum absolute atomic E-state index is 0.692. The Labute approximate surface area is 130 Å². The van der Waals surface area contributed by atoms with Crippen molar-refractivity contribution >= 4 is 0 Å². The zero-order chi connectivity index (χ0) is 17.3. The molecule has 23 heavy (non-hydrogen) atoms. The first-order valence-corrected chi connectivity index (χ1v) is 7.04. The smallest absolute Gasteiger partial charge is 0.189 e. The van der Waals surface area contributed by atoms with Gasteiger partial charge in [-0.3, -0.25) is 0 Å². The molecule has 2 aliphatic heterocycles. The molecule has 0 aromatic heterocycles. The number of alkyl halides is 1. The van der Waals surface area contributed by atoms with E-state index in [1.54, 1.807) is 0 Å². The van der Waals surface area contributed by atoms with Crippen molar-refractivity contribution in [3.63, 3.8) is 0 Å². The molecule has 0 amide bonds. The Hall–Kier alpha value is -0.470. The number of hydrogen-bond donors (Lipinski definition) is 7. The first-order chi connectivity index (χ1) is 10.8. The van der Waals surface area contributed by atoms with E-state index in [0.717, 1.165) is 0 Å². The summed E-state index contributed by atoms with van der Waals surface area (Å²) < 4.78 is 28.7. The second kappa shape index (κ2) is 7.61. The highest BCUT2D eigenvalue weighted by atomic mass is 19.1. The number of aliphatic hydroxyl groups is 7. The molecule has 2 rings (SSSR count). The zero-order valence-corrected chi connectivity index (χ0v) is 11.9. The van der Waals surface area contributed by atoms with E-state index in [2.05, 4.69) is 0 Å². The fourth-order valence-electron chi connectivity index (χ4n) is 2.55. The Balaban J connectivity index is 2.11. The van der Waals surface area contributed by atoms with Crippen molar-refractivity contribution in [2.75, 3.05) is 13.2 Å². The lowest BCUT2D eigenvalue weighted by Crippen LogP contribution is -2.63. The van der Waals surface area contributed by atoms with E-state index < -0.39 is 74.7 Å². The van der Waals surface area contributed by atoms with Crippen molar-refractivity contribution < 1.29 is 54.3 Å². The molecule has 2 saturated heterocycles. The van der Waals surface area contributed by atoms with Crippen LogP contribution in [0.15, 0.2) is 0 Å². The van der Waals surface area contributed by atoms with Gasteiger partial charge in [-0.2, -0.15) is 0 Å². The van der Waals surface area contributed by atoms with Crippen LogP contribution in [0.3, 0.4) is 0 Å². The second-order valence-electron chi connectivity index (χ2n) is 5.48. The Morgan fingerprint density at radius 2 is 1.39 bits per heavy atom. The molecule has 10 atom stereocenters. The van der Waals surface area contributed by atoms with Crippen LogP contribution in [-0.2, 0) is 14.2 Å². The molecule has 0 saturated carbocycles. The Bertz CT molecular complexity index is 383. The van der Waals surface area contributed by atoms with Crippen LogP contribution in [0.4, 0.5) is 4.39 Å². The highest BCUT2D eigenvalue weighted by molar-refractivity contribution is 4.93. The predicted molar refractivity (Wildman–Crippen MR) is 67.5 cm³/mol. The average molecular weight is 344 g/mol. The molecule has 11 heteroatoms. The summed E-state index contributed by atoms with van der Waals surface area (Å²) in [6, 6.07) is 0. The number of hydrogen-bond acceptors (Lipinski definition) is 10. The third-order valence-electron chi connectivity index (χ3n) is 3.94. The Kier molecular flexibility index (Phi) is 6.24. The van der Waals surface area contributed by atoms with Crippen LogP contribution in [0.1, 0.15) is 0 Å². The molecule has 2 aliphatic rings. The van der Waals surface area contributed by atoms with Gasteiger partial charge in [-0.05, 0) is 0 Å². The van der Waals surface area contributed by atoms with E-state index in [1.165, 1.54) is 0 Å². The monoisotopic (exact) mass is 344 g/mol. The molecule has 7 N–H and O–H groups in total. The molecule has 1 unspecified atom stereocenters. The SMILES string of the molecule is OC[C@H]1O[C@@H](O[C@H]2[C@H](O)[C@@H](F)C(O)O[C@@H]2CO)[C@H](O)[C@@H](O)[C@H]1O. The molecule has 0 aliphatic carbocycles. The van der Waals surface area contributed by atoms with E-state index in [1.807, 2.05) is 0 Å². The van der Waals surface area contributed by atoms with Crippen molar-refractivity contribution in [1.29, 1.82) is 0 Å². The van der Waals surface area contributed by atoms with Crippen molar-refractivity contribution in [2.24, 2.45) is 0 Å². The fraction of sp³-hybridized carbons (Fsp3) is 1.00. The van der Waals surface area contributed by atoms with Gasteiger partial charge in [-0.25, -0.2) is 4.39 Å². The minimum Gasteiger partial charge on any atom is -0.394 e. The summed E-state index contributed by atoms with van der Waals surface area (Å²) in [6.07, 6.45) is -16.9. The predicted octanol–water partition coefficient (Wildman–Crippen LogP) is -4.42. The first-order valence-electron chi connectivity index (χ1n) is 7.04. The summed E-state index contributed by atoms with van der Waals surface area (Å²) in [6.45, 7) is -1.43. The largest absolute Gasteiger partial charge is 0.394 e. The molecule has 2 heterocycles. The molecule has 0 spiro atoms. The normalized spacial score (nSPS) is 51.7. The van der Waals surface area contributed by atoms with Gasteiger partial charge in [-0.1, -0.05) is 0 Å². The third kappa shape index (κ3) is 3.64. The van der Waals surface area contributed by atoms with Gasteiger partial charge in [0.15, 0.2) is 18.8 Å². The van der Waals surface area contributed by atoms with E-state index in [0.29, 0.717) is 0 Å². The van der Waals surface area contributed by atoms with Gasteiger partial charge in [0, 0.05) is 0 Å². The highest BCUT2D eigenvalue weighted by Crippen LogP contribution is 2.29. The van der Waals surface area contributed by atoms with Crippen LogP contribution in [0.5, 0.6) is 0 Å². The maximum absolute atomic E-state index is 13.6. The van der Waals surface area contributed by atoms with Gasteiger partial charge in [0.1, 0.15) is 42.7 Å². The minimum atomic E-state index is -2.23. The first kappa shape index (κ1) is 18.9. The second-order valence-corrected chi connectivity index (χ2v) is 5.48. The van der Waals surface area contributed by atoms with Gasteiger partial charge < -0.3 is 50.0 Å². The van der Waals surface area contributed by atoms with E-state index in [9.17, 15) is 35.0 Å². The van der Waals surface area contributed by atoms with Crippen LogP contribution >= 0.6 is 0 Å². The highest BCUT2D eigenvalue weighted by Gasteiger charge is 2.50. The number of halogens is 1. The Morgan fingerprint density at radius 3 is 1.96 bits per heavy atom. The maximum Gasteiger partial charge on any atom is 0.189 e. The summed E-state index contributed by atoms with van der Waals surface area (Å²) in [5.74, 6) is 0. The molecule has 0 bridgehead atoms. The van der Waals surface area contributed by atoms with Gasteiger partial charge in [0.05, 0.1) is 13.2 Å². The maximum atomic E-state index is 13.6. The van der Waals surface area contributed by atoms with Gasteiger partial charge >= 0.3 is 0 Å². The molecule has 2 fully saturated rings. The molecular formula is C12H21FO10. The van der Waals surface area contributed by atoms with E-state index in [-0.39, 0.29) is 0 Å². The molecular weight excluding hydrogens is 323 g/mol. The lowest BCUT2D eigenvalue weighted by molar-refractivity contribution is -0.350. The lowest BCUT2D eigenvalue weighted by Gasteiger charge is -2.44. The van der Waals surface area contributed by atoms with Crippen LogP contribution in [-0.4, -0.2) is 110 Å². The van der Waals surface area contributed by atoms with Crippen molar-refractivity contribution in [2.45, 2.75) is 61.5 Å². The summed E-state index contributed by atoms with van der Waals surface area (Å²) >= 11 is 0. The van der Waals surface area contributed by atoms with Crippen LogP contribution in [0.25, 0.3) is 0 Å². The van der Waals surface area contributed by atoms with Gasteiger partial charge in [0.25, 0.3) is 0 Å². The van der Waals surface area contributed by atoms with Crippen molar-refractivity contribution in [1.82, 2.24) is 0 Å². The van der Waals surface area contributed by atoms with Crippen LogP contribution < -0.4 is 0 Å². The quantitative estimate of drug-likeness (QED) is 0.264. The number of rotatable bonds is 4. The molecule has 0 aromatic rings. The summed E-state index contributed by atoms with van der Waals surface area (Å²) in [5.41, 5.74) is 0. The third-order valence-corrected chi connectivity index (χ3v) is 3.94. The summed E-state index contributed by atoms with van der Waals surface area (Å²) in [7, 11) is 0. The number of ether oxygens (including phenoxy) is 3. The fourth-order valence-corrected chi connectivity index (χ4v) is 2.55. The topological polar surface area (TPSA) is 169 Å². The van der Waals surface area contributed by atoms with Crippen LogP contribution in [0.2, 0.25) is 0 Å². The lowest BCUT2D eigenvalue weighted by atomic mass is 9.97. The zero-order valence-electron chi connectivity index (χ0n) is 11.9. The summed E-state index contributed by atoms with van der Waals surface area (Å²) in [5, 5.41) is 66.5. The molecule has 10 nitrogen and oxygen atoms in total. The standard InChI is InChI=1S/C12H21FO10/c13-5-7(17)10(4(2-15)21-11(5)20)23-12-9(19)8(18)6(16)3(1-14)22-12/h3-12,14-20H,1-2H2/t3-,4-,5-,6+,7-,8+,9-,10-,11?,12+/m1/s1. The van der Waals surface area contributed by atoms with E-state index >= 15 is 0 Å². The average Bonchev–Trinajstić information content (AvgIpc) is 2.55. The van der Waals surface area contributed by atoms with Crippen molar-refractivity contribution in [3.05, 3.63) is 0 Å². The van der Waals surface area contributed by atoms with E-state index in [4.69, 9.17) is 19.3 Å². The van der Waals surface area contributed by atoms with Gasteiger partial charge in [0.2, 0.25) is 0 Å². The molecule has 0 radical (unpaired) electrons. The molecule has 136 valence electrons. The number of aliphatic hydroxyl groups excluding tert-OH is 7. The molecule has 0 aromatic carbocycles. The van der Waals surface area contributed by atoms with Gasteiger partial charge in [-0.15, -0.1) is 0 Å². The van der Waals surface area contributed by atoms with Crippen molar-refractivity contribution in [3.8, 4) is 0 Å². The van der Waals surface area contributed by atoms with Crippen LogP contribution in [0, 0.1) is 0 Å². The Morgan fingerprint density at radius 1 is 0.783 bits per heavy atom. The summed E-state index contributed by atoms with van der Waals surface area (Å²) in [4.78, 5) is 0.